The highest BCUT2D eigenvalue weighted by Gasteiger charge is 2.15. The number of thioether (sulfide) groups is 1. The molecule has 128 valence electrons. The van der Waals surface area contributed by atoms with E-state index in [1.807, 2.05) is 41.9 Å². The Labute approximate surface area is 155 Å². The average molecular weight is 374 g/mol. The lowest BCUT2D eigenvalue weighted by atomic mass is 10.1. The quantitative estimate of drug-likeness (QED) is 0.480. The number of halogens is 1. The summed E-state index contributed by atoms with van der Waals surface area (Å²) in [4.78, 5) is 12.4. The summed E-state index contributed by atoms with van der Waals surface area (Å²) >= 11 is 7.56. The van der Waals surface area contributed by atoms with E-state index >= 15 is 0 Å². The number of benzene rings is 2. The van der Waals surface area contributed by atoms with Gasteiger partial charge >= 0.3 is 0 Å². The number of rotatable bonds is 6. The SMILES string of the molecule is COc1cccc(C(=O)CSc2nnc(-c3ccccc3Cl)n2C)c1. The largest absolute Gasteiger partial charge is 0.497 e. The normalized spacial score (nSPS) is 10.7. The molecule has 2 aromatic carbocycles. The molecule has 0 atom stereocenters. The fourth-order valence-electron chi connectivity index (χ4n) is 2.33. The fourth-order valence-corrected chi connectivity index (χ4v) is 3.35. The molecular formula is C18H16ClN3O2S. The van der Waals surface area contributed by atoms with Gasteiger partial charge in [0.15, 0.2) is 16.8 Å². The van der Waals surface area contributed by atoms with Crippen LogP contribution in [0.2, 0.25) is 5.02 Å². The Morgan fingerprint density at radius 3 is 2.76 bits per heavy atom. The highest BCUT2D eigenvalue weighted by atomic mass is 35.5. The van der Waals surface area contributed by atoms with Crippen molar-refractivity contribution < 1.29 is 9.53 Å². The van der Waals surface area contributed by atoms with Crippen LogP contribution in [0, 0.1) is 0 Å². The van der Waals surface area contributed by atoms with Gasteiger partial charge in [-0.3, -0.25) is 4.79 Å². The molecule has 3 rings (SSSR count). The Morgan fingerprint density at radius 1 is 1.20 bits per heavy atom. The molecule has 0 N–H and O–H groups in total. The highest BCUT2D eigenvalue weighted by molar-refractivity contribution is 7.99. The van der Waals surface area contributed by atoms with Crippen LogP contribution < -0.4 is 4.74 Å². The number of methoxy groups -OCH3 is 1. The van der Waals surface area contributed by atoms with Crippen LogP contribution in [0.25, 0.3) is 11.4 Å². The van der Waals surface area contributed by atoms with Gasteiger partial charge in [0.25, 0.3) is 0 Å². The summed E-state index contributed by atoms with van der Waals surface area (Å²) < 4.78 is 6.99. The summed E-state index contributed by atoms with van der Waals surface area (Å²) in [6, 6.07) is 14.6. The maximum Gasteiger partial charge on any atom is 0.191 e. The molecule has 5 nitrogen and oxygen atoms in total. The summed E-state index contributed by atoms with van der Waals surface area (Å²) in [5.41, 5.74) is 1.42. The molecule has 0 aliphatic heterocycles. The number of carbonyl (C=O) groups is 1. The molecular weight excluding hydrogens is 358 g/mol. The average Bonchev–Trinajstić information content (AvgIpc) is 3.00. The van der Waals surface area contributed by atoms with Gasteiger partial charge in [-0.15, -0.1) is 10.2 Å². The summed E-state index contributed by atoms with van der Waals surface area (Å²) in [5, 5.41) is 9.65. The topological polar surface area (TPSA) is 57.0 Å². The lowest BCUT2D eigenvalue weighted by Gasteiger charge is -2.06. The predicted molar refractivity (Wildman–Crippen MR) is 99.5 cm³/mol. The molecule has 1 aromatic heterocycles. The second-order valence-electron chi connectivity index (χ2n) is 5.29. The Morgan fingerprint density at radius 2 is 2.00 bits per heavy atom. The van der Waals surface area contributed by atoms with E-state index in [-0.39, 0.29) is 11.5 Å². The van der Waals surface area contributed by atoms with Gasteiger partial charge in [0.05, 0.1) is 17.9 Å². The summed E-state index contributed by atoms with van der Waals surface area (Å²) in [7, 11) is 3.44. The number of hydrogen-bond acceptors (Lipinski definition) is 5. The molecule has 0 saturated heterocycles. The van der Waals surface area contributed by atoms with Crippen LogP contribution in [0.5, 0.6) is 5.75 Å². The van der Waals surface area contributed by atoms with Crippen LogP contribution in [0.15, 0.2) is 53.7 Å². The summed E-state index contributed by atoms with van der Waals surface area (Å²) in [6.45, 7) is 0. The van der Waals surface area contributed by atoms with Crippen LogP contribution >= 0.6 is 23.4 Å². The Balaban J connectivity index is 1.74. The highest BCUT2D eigenvalue weighted by Crippen LogP contribution is 2.28. The second kappa shape index (κ2) is 7.72. The zero-order valence-electron chi connectivity index (χ0n) is 13.8. The number of ketones is 1. The van der Waals surface area contributed by atoms with Gasteiger partial charge in [-0.25, -0.2) is 0 Å². The fraction of sp³-hybridized carbons (Fsp3) is 0.167. The van der Waals surface area contributed by atoms with E-state index in [1.165, 1.54) is 11.8 Å². The van der Waals surface area contributed by atoms with Crippen molar-refractivity contribution >= 4 is 29.1 Å². The van der Waals surface area contributed by atoms with Crippen molar-refractivity contribution in [3.63, 3.8) is 0 Å². The Bertz CT molecular complexity index is 911. The minimum Gasteiger partial charge on any atom is -0.497 e. The third kappa shape index (κ3) is 3.86. The number of ether oxygens (including phenoxy) is 1. The van der Waals surface area contributed by atoms with Gasteiger partial charge in [-0.05, 0) is 24.3 Å². The second-order valence-corrected chi connectivity index (χ2v) is 6.64. The van der Waals surface area contributed by atoms with Crippen LogP contribution in [-0.2, 0) is 7.05 Å². The lowest BCUT2D eigenvalue weighted by Crippen LogP contribution is -2.04. The first-order chi connectivity index (χ1) is 12.1. The van der Waals surface area contributed by atoms with E-state index < -0.39 is 0 Å². The molecule has 0 saturated carbocycles. The van der Waals surface area contributed by atoms with Gasteiger partial charge in [-0.2, -0.15) is 0 Å². The zero-order valence-corrected chi connectivity index (χ0v) is 15.3. The molecule has 0 bridgehead atoms. The maximum absolute atomic E-state index is 12.4. The van der Waals surface area contributed by atoms with Crippen LogP contribution in [-0.4, -0.2) is 33.4 Å². The molecule has 7 heteroatoms. The molecule has 0 aliphatic carbocycles. The van der Waals surface area contributed by atoms with Crippen molar-refractivity contribution in [1.29, 1.82) is 0 Å². The number of Topliss-reactive ketones (excluding diaryl/α,β-unsaturated/α-hetero) is 1. The van der Waals surface area contributed by atoms with Crippen molar-refractivity contribution in [2.75, 3.05) is 12.9 Å². The lowest BCUT2D eigenvalue weighted by molar-refractivity contribution is 0.102. The van der Waals surface area contributed by atoms with Crippen LogP contribution in [0.3, 0.4) is 0 Å². The van der Waals surface area contributed by atoms with Gasteiger partial charge in [0.2, 0.25) is 0 Å². The van der Waals surface area contributed by atoms with Crippen molar-refractivity contribution in [3.8, 4) is 17.1 Å². The number of carbonyl (C=O) groups excluding carboxylic acids is 1. The molecule has 3 aromatic rings. The standard InChI is InChI=1S/C18H16ClN3O2S/c1-22-17(14-8-3-4-9-15(14)19)20-21-18(22)25-11-16(23)12-6-5-7-13(10-12)24-2/h3-10H,11H2,1-2H3. The van der Waals surface area contributed by atoms with Crippen molar-refractivity contribution in [2.24, 2.45) is 7.05 Å². The molecule has 0 fully saturated rings. The predicted octanol–water partition coefficient (Wildman–Crippen LogP) is 4.12. The van der Waals surface area contributed by atoms with Crippen molar-refractivity contribution in [2.45, 2.75) is 5.16 Å². The van der Waals surface area contributed by atoms with E-state index in [0.717, 1.165) is 5.56 Å². The third-order valence-electron chi connectivity index (χ3n) is 3.67. The van der Waals surface area contributed by atoms with E-state index in [0.29, 0.717) is 27.3 Å². The first-order valence-corrected chi connectivity index (χ1v) is 8.91. The molecule has 0 unspecified atom stereocenters. The number of nitrogens with zero attached hydrogens (tertiary/aromatic N) is 3. The van der Waals surface area contributed by atoms with Gasteiger partial charge in [-0.1, -0.05) is 47.6 Å². The number of hydrogen-bond donors (Lipinski definition) is 0. The Hall–Kier alpha value is -2.31. The van der Waals surface area contributed by atoms with Crippen molar-refractivity contribution in [1.82, 2.24) is 14.8 Å². The zero-order chi connectivity index (χ0) is 17.8. The summed E-state index contributed by atoms with van der Waals surface area (Å²) in [5.74, 6) is 1.60. The maximum atomic E-state index is 12.4. The van der Waals surface area contributed by atoms with Crippen LogP contribution in [0.1, 0.15) is 10.4 Å². The minimum absolute atomic E-state index is 0.00573. The van der Waals surface area contributed by atoms with Crippen LogP contribution in [0.4, 0.5) is 0 Å². The Kier molecular flexibility index (Phi) is 5.40. The van der Waals surface area contributed by atoms with Gasteiger partial charge in [0, 0.05) is 18.2 Å². The third-order valence-corrected chi connectivity index (χ3v) is 5.02. The monoisotopic (exact) mass is 373 g/mol. The van der Waals surface area contributed by atoms with E-state index in [1.54, 1.807) is 25.3 Å². The number of aromatic nitrogens is 3. The molecule has 25 heavy (non-hydrogen) atoms. The minimum atomic E-state index is 0.00573. The van der Waals surface area contributed by atoms with E-state index in [9.17, 15) is 4.79 Å². The van der Waals surface area contributed by atoms with Gasteiger partial charge < -0.3 is 9.30 Å². The summed E-state index contributed by atoms with van der Waals surface area (Å²) in [6.07, 6.45) is 0. The molecule has 0 aliphatic rings. The smallest absolute Gasteiger partial charge is 0.191 e. The van der Waals surface area contributed by atoms with E-state index in [2.05, 4.69) is 10.2 Å². The van der Waals surface area contributed by atoms with Crippen molar-refractivity contribution in [3.05, 3.63) is 59.1 Å². The first kappa shape index (κ1) is 17.5. The molecule has 0 amide bonds. The first-order valence-electron chi connectivity index (χ1n) is 7.54. The molecule has 0 radical (unpaired) electrons. The van der Waals surface area contributed by atoms with Gasteiger partial charge in [0.1, 0.15) is 5.75 Å². The van der Waals surface area contributed by atoms with E-state index in [4.69, 9.17) is 16.3 Å². The molecule has 1 heterocycles. The molecule has 0 spiro atoms.